The standard InChI is InChI=1S/C20H26N4O2/c1-15-16(12-22(2)21-15)13-24-14-19(20(25)23-10-6-3-7-11-23)26-18-9-5-4-8-17(18)24/h4-5,8-9,12,19H,3,6-7,10-11,13-14H2,1-2H3/t19-/m1/s1. The topological polar surface area (TPSA) is 50.6 Å². The van der Waals surface area contributed by atoms with Gasteiger partial charge in [0, 0.05) is 38.4 Å². The molecule has 6 heteroatoms. The van der Waals surface area contributed by atoms with Gasteiger partial charge in [0.15, 0.2) is 6.10 Å². The molecular formula is C20H26N4O2. The zero-order valence-electron chi connectivity index (χ0n) is 15.5. The molecule has 6 nitrogen and oxygen atoms in total. The fourth-order valence-corrected chi connectivity index (χ4v) is 3.91. The highest BCUT2D eigenvalue weighted by atomic mass is 16.5. The molecule has 1 aromatic carbocycles. The summed E-state index contributed by atoms with van der Waals surface area (Å²) in [5.41, 5.74) is 3.24. The Morgan fingerprint density at radius 3 is 2.73 bits per heavy atom. The van der Waals surface area contributed by atoms with Gasteiger partial charge in [-0.1, -0.05) is 12.1 Å². The van der Waals surface area contributed by atoms with E-state index in [2.05, 4.69) is 22.3 Å². The van der Waals surface area contributed by atoms with Crippen molar-refractivity contribution in [2.24, 2.45) is 7.05 Å². The predicted molar refractivity (Wildman–Crippen MR) is 100 cm³/mol. The van der Waals surface area contributed by atoms with Gasteiger partial charge in [0.2, 0.25) is 0 Å². The monoisotopic (exact) mass is 354 g/mol. The van der Waals surface area contributed by atoms with Crippen LogP contribution in [0.3, 0.4) is 0 Å². The van der Waals surface area contributed by atoms with Gasteiger partial charge >= 0.3 is 0 Å². The van der Waals surface area contributed by atoms with Gasteiger partial charge in [-0.2, -0.15) is 5.10 Å². The van der Waals surface area contributed by atoms with Crippen molar-refractivity contribution in [2.75, 3.05) is 24.5 Å². The molecule has 26 heavy (non-hydrogen) atoms. The Hall–Kier alpha value is -2.50. The van der Waals surface area contributed by atoms with Crippen molar-refractivity contribution >= 4 is 11.6 Å². The van der Waals surface area contributed by atoms with E-state index in [9.17, 15) is 4.79 Å². The number of carbonyl (C=O) groups excluding carboxylic acids is 1. The summed E-state index contributed by atoms with van der Waals surface area (Å²) in [6, 6.07) is 7.98. The number of aromatic nitrogens is 2. The van der Waals surface area contributed by atoms with Gasteiger partial charge in [0.25, 0.3) is 5.91 Å². The molecule has 2 aliphatic rings. The maximum absolute atomic E-state index is 13.0. The maximum Gasteiger partial charge on any atom is 0.265 e. The summed E-state index contributed by atoms with van der Waals surface area (Å²) >= 11 is 0. The second-order valence-electron chi connectivity index (χ2n) is 7.25. The molecule has 1 aromatic heterocycles. The highest BCUT2D eigenvalue weighted by Gasteiger charge is 2.34. The molecule has 0 saturated carbocycles. The third kappa shape index (κ3) is 3.28. The SMILES string of the molecule is Cc1nn(C)cc1CN1C[C@H](C(=O)N2CCCCC2)Oc2ccccc21. The second kappa shape index (κ2) is 7.02. The highest BCUT2D eigenvalue weighted by molar-refractivity contribution is 5.83. The minimum absolute atomic E-state index is 0.118. The van der Waals surface area contributed by atoms with E-state index in [1.165, 1.54) is 12.0 Å². The first kappa shape index (κ1) is 16.9. The van der Waals surface area contributed by atoms with Gasteiger partial charge in [-0.3, -0.25) is 9.48 Å². The zero-order chi connectivity index (χ0) is 18.1. The van der Waals surface area contributed by atoms with E-state index in [1.807, 2.05) is 41.8 Å². The van der Waals surface area contributed by atoms with Gasteiger partial charge < -0.3 is 14.5 Å². The number of fused-ring (bicyclic) bond motifs is 1. The lowest BCUT2D eigenvalue weighted by Crippen LogP contribution is -2.51. The van der Waals surface area contributed by atoms with E-state index in [-0.39, 0.29) is 5.91 Å². The van der Waals surface area contributed by atoms with Crippen LogP contribution in [-0.4, -0.2) is 46.3 Å². The predicted octanol–water partition coefficient (Wildman–Crippen LogP) is 2.51. The molecule has 0 unspecified atom stereocenters. The molecule has 0 spiro atoms. The fraction of sp³-hybridized carbons (Fsp3) is 0.500. The van der Waals surface area contributed by atoms with Crippen molar-refractivity contribution in [2.45, 2.75) is 38.8 Å². The van der Waals surface area contributed by atoms with E-state index < -0.39 is 6.10 Å². The molecule has 4 rings (SSSR count). The Labute approximate surface area is 154 Å². The minimum Gasteiger partial charge on any atom is -0.477 e. The third-order valence-corrected chi connectivity index (χ3v) is 5.28. The largest absolute Gasteiger partial charge is 0.477 e. The Bertz CT molecular complexity index is 795. The quantitative estimate of drug-likeness (QED) is 0.850. The molecule has 0 N–H and O–H groups in total. The van der Waals surface area contributed by atoms with Crippen LogP contribution in [0.4, 0.5) is 5.69 Å². The number of para-hydroxylation sites is 2. The number of carbonyl (C=O) groups is 1. The smallest absolute Gasteiger partial charge is 0.265 e. The van der Waals surface area contributed by atoms with Crippen LogP contribution in [0, 0.1) is 6.92 Å². The number of hydrogen-bond acceptors (Lipinski definition) is 4. The van der Waals surface area contributed by atoms with E-state index >= 15 is 0 Å². The van der Waals surface area contributed by atoms with Crippen LogP contribution < -0.4 is 9.64 Å². The number of hydrogen-bond donors (Lipinski definition) is 0. The molecule has 1 atom stereocenters. The summed E-state index contributed by atoms with van der Waals surface area (Å²) in [5, 5.41) is 4.44. The van der Waals surface area contributed by atoms with Gasteiger partial charge in [-0.25, -0.2) is 0 Å². The van der Waals surface area contributed by atoms with Gasteiger partial charge in [0.05, 0.1) is 17.9 Å². The Morgan fingerprint density at radius 2 is 2.00 bits per heavy atom. The molecule has 2 aromatic rings. The van der Waals surface area contributed by atoms with Crippen LogP contribution in [0.2, 0.25) is 0 Å². The van der Waals surface area contributed by atoms with Crippen molar-refractivity contribution in [3.63, 3.8) is 0 Å². The van der Waals surface area contributed by atoms with Crippen LogP contribution >= 0.6 is 0 Å². The lowest BCUT2D eigenvalue weighted by molar-refractivity contribution is -0.139. The second-order valence-corrected chi connectivity index (χ2v) is 7.25. The first-order valence-corrected chi connectivity index (χ1v) is 9.40. The van der Waals surface area contributed by atoms with Gasteiger partial charge in [-0.15, -0.1) is 0 Å². The molecule has 1 fully saturated rings. The molecular weight excluding hydrogens is 328 g/mol. The molecule has 1 saturated heterocycles. The zero-order valence-corrected chi connectivity index (χ0v) is 15.5. The molecule has 1 amide bonds. The first-order valence-electron chi connectivity index (χ1n) is 9.40. The lowest BCUT2D eigenvalue weighted by Gasteiger charge is -2.38. The average Bonchev–Trinajstić information content (AvgIpc) is 2.98. The van der Waals surface area contributed by atoms with Crippen LogP contribution in [0.25, 0.3) is 0 Å². The van der Waals surface area contributed by atoms with E-state index in [1.54, 1.807) is 0 Å². The number of likely N-dealkylation sites (tertiary alicyclic amines) is 1. The van der Waals surface area contributed by atoms with E-state index in [0.29, 0.717) is 6.54 Å². The summed E-state index contributed by atoms with van der Waals surface area (Å²) < 4.78 is 7.94. The van der Waals surface area contributed by atoms with E-state index in [0.717, 1.165) is 49.6 Å². The molecule has 0 bridgehead atoms. The summed E-state index contributed by atoms with van der Waals surface area (Å²) in [6.07, 6.45) is 5.00. The molecule has 0 radical (unpaired) electrons. The molecule has 138 valence electrons. The number of ether oxygens (including phenoxy) is 1. The summed E-state index contributed by atoms with van der Waals surface area (Å²) in [5.74, 6) is 0.905. The fourth-order valence-electron chi connectivity index (χ4n) is 3.91. The number of piperidine rings is 1. The molecule has 3 heterocycles. The van der Waals surface area contributed by atoms with Crippen LogP contribution in [0.1, 0.15) is 30.5 Å². The maximum atomic E-state index is 13.0. The van der Waals surface area contributed by atoms with Crippen molar-refractivity contribution < 1.29 is 9.53 Å². The minimum atomic E-state index is -0.444. The normalized spacial score (nSPS) is 19.8. The van der Waals surface area contributed by atoms with Crippen LogP contribution in [0.15, 0.2) is 30.5 Å². The Morgan fingerprint density at radius 1 is 1.23 bits per heavy atom. The van der Waals surface area contributed by atoms with Crippen LogP contribution in [-0.2, 0) is 18.4 Å². The highest BCUT2D eigenvalue weighted by Crippen LogP contribution is 2.34. The number of amides is 1. The summed E-state index contributed by atoms with van der Waals surface area (Å²) in [7, 11) is 1.94. The van der Waals surface area contributed by atoms with Gasteiger partial charge in [-0.05, 0) is 38.3 Å². The van der Waals surface area contributed by atoms with E-state index in [4.69, 9.17) is 4.74 Å². The average molecular weight is 354 g/mol. The van der Waals surface area contributed by atoms with Crippen molar-refractivity contribution in [1.82, 2.24) is 14.7 Å². The number of aryl methyl sites for hydroxylation is 2. The van der Waals surface area contributed by atoms with Crippen molar-refractivity contribution in [3.8, 4) is 5.75 Å². The van der Waals surface area contributed by atoms with Gasteiger partial charge in [0.1, 0.15) is 5.75 Å². The van der Waals surface area contributed by atoms with Crippen LogP contribution in [0.5, 0.6) is 5.75 Å². The molecule has 0 aliphatic carbocycles. The first-order chi connectivity index (χ1) is 12.6. The summed E-state index contributed by atoms with van der Waals surface area (Å²) in [6.45, 7) is 5.02. The van der Waals surface area contributed by atoms with Crippen molar-refractivity contribution in [3.05, 3.63) is 41.7 Å². The summed E-state index contributed by atoms with van der Waals surface area (Å²) in [4.78, 5) is 17.2. The third-order valence-electron chi connectivity index (χ3n) is 5.28. The van der Waals surface area contributed by atoms with Crippen molar-refractivity contribution in [1.29, 1.82) is 0 Å². The lowest BCUT2D eigenvalue weighted by atomic mass is 10.1. The number of rotatable bonds is 3. The number of benzene rings is 1. The Balaban J connectivity index is 1.58. The molecule has 2 aliphatic heterocycles. The number of nitrogens with zero attached hydrogens (tertiary/aromatic N) is 4. The Kier molecular flexibility index (Phi) is 4.57. The number of anilines is 1.